The second-order valence-electron chi connectivity index (χ2n) is 8.65. The quantitative estimate of drug-likeness (QED) is 0.608. The second kappa shape index (κ2) is 12.8. The molecule has 0 radical (unpaired) electrons. The van der Waals surface area contributed by atoms with Gasteiger partial charge in [0.15, 0.2) is 0 Å². The lowest BCUT2D eigenvalue weighted by Gasteiger charge is -2.36. The Morgan fingerprint density at radius 2 is 1.39 bits per heavy atom. The molecule has 2 aromatic rings. The summed E-state index contributed by atoms with van der Waals surface area (Å²) in [5.74, 6) is -1.69. The van der Waals surface area contributed by atoms with Gasteiger partial charge in [0.05, 0.1) is 0 Å². The first-order valence-corrected chi connectivity index (χ1v) is 11.8. The fraction of sp³-hybridized carbons (Fsp3) is 0.407. The van der Waals surface area contributed by atoms with Gasteiger partial charge < -0.3 is 15.1 Å². The molecule has 2 N–H and O–H groups in total. The maximum Gasteiger partial charge on any atom is 0.328 e. The molecule has 0 spiro atoms. The minimum Gasteiger partial charge on any atom is -0.478 e. The van der Waals surface area contributed by atoms with Crippen molar-refractivity contribution in [2.45, 2.75) is 38.0 Å². The monoisotopic (exact) mass is 450 g/mol. The van der Waals surface area contributed by atoms with Crippen LogP contribution in [0.25, 0.3) is 0 Å². The van der Waals surface area contributed by atoms with E-state index in [2.05, 4.69) is 64.4 Å². The molecule has 6 nitrogen and oxygen atoms in total. The number of carboxylic acid groups (broad SMARTS) is 2. The molecule has 1 saturated carbocycles. The molecule has 0 unspecified atom stereocenters. The van der Waals surface area contributed by atoms with Crippen LogP contribution in [0, 0.1) is 0 Å². The molecule has 33 heavy (non-hydrogen) atoms. The Morgan fingerprint density at radius 3 is 1.94 bits per heavy atom. The van der Waals surface area contributed by atoms with E-state index in [1.165, 1.54) is 56.6 Å². The van der Waals surface area contributed by atoms with Crippen LogP contribution in [-0.2, 0) is 16.0 Å². The summed E-state index contributed by atoms with van der Waals surface area (Å²) in [4.78, 5) is 24.3. The first kappa shape index (κ1) is 24.5. The summed E-state index contributed by atoms with van der Waals surface area (Å²) >= 11 is 0. The molecule has 0 atom stereocenters. The number of carbonyl (C=O) groups is 2. The van der Waals surface area contributed by atoms with Gasteiger partial charge in [0.25, 0.3) is 0 Å². The van der Waals surface area contributed by atoms with Crippen LogP contribution >= 0.6 is 0 Å². The summed E-state index contributed by atoms with van der Waals surface area (Å²) in [5, 5.41) is 15.6. The summed E-state index contributed by atoms with van der Waals surface area (Å²) in [7, 11) is 0. The minimum absolute atomic E-state index is 0.558. The Labute approximate surface area is 196 Å². The zero-order valence-corrected chi connectivity index (χ0v) is 19.1. The molecule has 1 aliphatic heterocycles. The second-order valence-corrected chi connectivity index (χ2v) is 8.65. The standard InChI is InChI=1S/C23H30N2.C4H4O4/c1-2-6-20(7-3-1)14-15-24-16-18-25(19-17-24)23-12-10-22(11-13-23)21-8-4-5-9-21;5-3(6)1-2-4(7)8/h1-3,6-7,10-13,21H,4-5,8-9,14-19H2;1-2H,(H,5,6)(H,7,8)/b;2-1+. The molecule has 0 aromatic heterocycles. The fourth-order valence-corrected chi connectivity index (χ4v) is 4.52. The van der Waals surface area contributed by atoms with Crippen LogP contribution in [0.5, 0.6) is 0 Å². The van der Waals surface area contributed by atoms with Gasteiger partial charge in [-0.15, -0.1) is 0 Å². The Bertz CT molecular complexity index is 881. The zero-order valence-electron chi connectivity index (χ0n) is 19.1. The van der Waals surface area contributed by atoms with E-state index >= 15 is 0 Å². The van der Waals surface area contributed by atoms with Crippen molar-refractivity contribution >= 4 is 17.6 Å². The van der Waals surface area contributed by atoms with E-state index in [-0.39, 0.29) is 0 Å². The topological polar surface area (TPSA) is 81.1 Å². The average Bonchev–Trinajstić information content (AvgIpc) is 3.38. The Balaban J connectivity index is 0.000000331. The maximum absolute atomic E-state index is 9.55. The molecular formula is C27H34N2O4. The third-order valence-corrected chi connectivity index (χ3v) is 6.39. The number of benzene rings is 2. The first-order chi connectivity index (χ1) is 16.0. The number of nitrogens with zero attached hydrogens (tertiary/aromatic N) is 2. The predicted octanol–water partition coefficient (Wildman–Crippen LogP) is 4.42. The molecule has 2 fully saturated rings. The van der Waals surface area contributed by atoms with Gasteiger partial charge in [-0.25, -0.2) is 9.59 Å². The van der Waals surface area contributed by atoms with E-state index in [9.17, 15) is 9.59 Å². The Kier molecular flexibility index (Phi) is 9.51. The van der Waals surface area contributed by atoms with Crippen molar-refractivity contribution in [1.82, 2.24) is 4.90 Å². The van der Waals surface area contributed by atoms with Crippen LogP contribution in [0.1, 0.15) is 42.7 Å². The number of carboxylic acids is 2. The molecule has 176 valence electrons. The number of aliphatic carboxylic acids is 2. The highest BCUT2D eigenvalue weighted by Gasteiger charge is 2.19. The predicted molar refractivity (Wildman–Crippen MR) is 131 cm³/mol. The van der Waals surface area contributed by atoms with E-state index in [0.717, 1.165) is 25.4 Å². The van der Waals surface area contributed by atoms with E-state index in [1.54, 1.807) is 5.56 Å². The van der Waals surface area contributed by atoms with Crippen LogP contribution in [0.4, 0.5) is 5.69 Å². The number of anilines is 1. The van der Waals surface area contributed by atoms with Gasteiger partial charge in [-0.05, 0) is 48.4 Å². The highest BCUT2D eigenvalue weighted by molar-refractivity contribution is 5.89. The molecule has 4 rings (SSSR count). The van der Waals surface area contributed by atoms with Crippen molar-refractivity contribution in [1.29, 1.82) is 0 Å². The number of hydrogen-bond donors (Lipinski definition) is 2. The van der Waals surface area contributed by atoms with Gasteiger partial charge in [0.1, 0.15) is 0 Å². The maximum atomic E-state index is 9.55. The van der Waals surface area contributed by atoms with Gasteiger partial charge in [-0.3, -0.25) is 4.90 Å². The van der Waals surface area contributed by atoms with E-state index in [1.807, 2.05) is 0 Å². The lowest BCUT2D eigenvalue weighted by molar-refractivity contribution is -0.134. The van der Waals surface area contributed by atoms with Crippen LogP contribution < -0.4 is 4.90 Å². The van der Waals surface area contributed by atoms with Crippen molar-refractivity contribution < 1.29 is 19.8 Å². The molecule has 2 aliphatic rings. The van der Waals surface area contributed by atoms with Crippen molar-refractivity contribution in [3.63, 3.8) is 0 Å². The highest BCUT2D eigenvalue weighted by atomic mass is 16.4. The minimum atomic E-state index is -1.26. The van der Waals surface area contributed by atoms with Crippen LogP contribution in [0.15, 0.2) is 66.7 Å². The number of rotatable bonds is 7. The SMILES string of the molecule is O=C(O)/C=C/C(=O)O.c1ccc(CCN2CCN(c3ccc(C4CCCC4)cc3)CC2)cc1. The molecule has 1 saturated heterocycles. The lowest BCUT2D eigenvalue weighted by atomic mass is 9.97. The van der Waals surface area contributed by atoms with E-state index in [4.69, 9.17) is 10.2 Å². The van der Waals surface area contributed by atoms with Crippen molar-refractivity contribution in [2.24, 2.45) is 0 Å². The van der Waals surface area contributed by atoms with Crippen LogP contribution in [-0.4, -0.2) is 59.8 Å². The molecule has 1 heterocycles. The Morgan fingerprint density at radius 1 is 0.818 bits per heavy atom. The fourth-order valence-electron chi connectivity index (χ4n) is 4.52. The summed E-state index contributed by atoms with van der Waals surface area (Å²) < 4.78 is 0. The third-order valence-electron chi connectivity index (χ3n) is 6.39. The summed E-state index contributed by atoms with van der Waals surface area (Å²) in [6, 6.07) is 20.3. The van der Waals surface area contributed by atoms with Crippen molar-refractivity contribution in [2.75, 3.05) is 37.6 Å². The highest BCUT2D eigenvalue weighted by Crippen LogP contribution is 2.34. The summed E-state index contributed by atoms with van der Waals surface area (Å²) in [5.41, 5.74) is 4.42. The molecular weight excluding hydrogens is 416 g/mol. The normalized spacial score (nSPS) is 17.0. The van der Waals surface area contributed by atoms with Gasteiger partial charge in [-0.1, -0.05) is 55.3 Å². The zero-order chi connectivity index (χ0) is 23.5. The summed E-state index contributed by atoms with van der Waals surface area (Å²) in [6.07, 6.45) is 7.88. The van der Waals surface area contributed by atoms with Gasteiger partial charge in [0, 0.05) is 50.6 Å². The first-order valence-electron chi connectivity index (χ1n) is 11.8. The lowest BCUT2D eigenvalue weighted by Crippen LogP contribution is -2.47. The van der Waals surface area contributed by atoms with E-state index < -0.39 is 11.9 Å². The molecule has 6 heteroatoms. The summed E-state index contributed by atoms with van der Waals surface area (Å²) in [6.45, 7) is 5.84. The van der Waals surface area contributed by atoms with Gasteiger partial charge in [0.2, 0.25) is 0 Å². The third kappa shape index (κ3) is 8.39. The van der Waals surface area contributed by atoms with Crippen molar-refractivity contribution in [3.8, 4) is 0 Å². The number of hydrogen-bond acceptors (Lipinski definition) is 4. The largest absolute Gasteiger partial charge is 0.478 e. The van der Waals surface area contributed by atoms with Gasteiger partial charge >= 0.3 is 11.9 Å². The number of piperazine rings is 1. The van der Waals surface area contributed by atoms with Crippen LogP contribution in [0.3, 0.4) is 0 Å². The molecule has 2 aromatic carbocycles. The molecule has 0 amide bonds. The van der Waals surface area contributed by atoms with E-state index in [0.29, 0.717) is 12.2 Å². The van der Waals surface area contributed by atoms with Crippen LogP contribution in [0.2, 0.25) is 0 Å². The smallest absolute Gasteiger partial charge is 0.328 e. The molecule has 1 aliphatic carbocycles. The molecule has 0 bridgehead atoms. The average molecular weight is 451 g/mol. The van der Waals surface area contributed by atoms with Gasteiger partial charge in [-0.2, -0.15) is 0 Å². The van der Waals surface area contributed by atoms with Crippen molar-refractivity contribution in [3.05, 3.63) is 77.9 Å². The Hall–Kier alpha value is -3.12.